The Balaban J connectivity index is 2.27. The SMILES string of the molecule is C[C@H](NS(=O)(=O)c1cc(C(=O)O)n(C)c1)c1cccnc1. The Morgan fingerprint density at radius 1 is 1.48 bits per heavy atom. The van der Waals surface area contributed by atoms with Crippen molar-refractivity contribution in [2.24, 2.45) is 7.05 Å². The molecule has 7 nitrogen and oxygen atoms in total. The van der Waals surface area contributed by atoms with Crippen molar-refractivity contribution in [1.29, 1.82) is 0 Å². The van der Waals surface area contributed by atoms with Gasteiger partial charge in [0.1, 0.15) is 10.6 Å². The number of sulfonamides is 1. The number of hydrogen-bond acceptors (Lipinski definition) is 4. The fourth-order valence-electron chi connectivity index (χ4n) is 1.89. The Labute approximate surface area is 122 Å². The highest BCUT2D eigenvalue weighted by Crippen LogP contribution is 2.18. The van der Waals surface area contributed by atoms with Crippen molar-refractivity contribution in [3.8, 4) is 0 Å². The maximum Gasteiger partial charge on any atom is 0.352 e. The number of rotatable bonds is 5. The maximum atomic E-state index is 12.3. The molecule has 0 radical (unpaired) electrons. The summed E-state index contributed by atoms with van der Waals surface area (Å²) in [7, 11) is -2.33. The number of aryl methyl sites for hydroxylation is 1. The maximum absolute atomic E-state index is 12.3. The van der Waals surface area contributed by atoms with Crippen molar-refractivity contribution in [2.45, 2.75) is 17.9 Å². The van der Waals surface area contributed by atoms with E-state index < -0.39 is 22.0 Å². The van der Waals surface area contributed by atoms with Gasteiger partial charge in [-0.1, -0.05) is 6.07 Å². The van der Waals surface area contributed by atoms with E-state index in [4.69, 9.17) is 5.11 Å². The number of nitrogens with one attached hydrogen (secondary N) is 1. The lowest BCUT2D eigenvalue weighted by Gasteiger charge is -2.13. The molecular weight excluding hydrogens is 294 g/mol. The van der Waals surface area contributed by atoms with E-state index in [2.05, 4.69) is 9.71 Å². The van der Waals surface area contributed by atoms with Gasteiger partial charge >= 0.3 is 5.97 Å². The first-order chi connectivity index (χ1) is 9.81. The van der Waals surface area contributed by atoms with Crippen LogP contribution in [0.3, 0.4) is 0 Å². The molecule has 0 aliphatic heterocycles. The zero-order valence-corrected chi connectivity index (χ0v) is 12.3. The first-order valence-corrected chi connectivity index (χ1v) is 7.61. The molecule has 8 heteroatoms. The van der Waals surface area contributed by atoms with Crippen LogP contribution in [0.1, 0.15) is 29.0 Å². The Hall–Kier alpha value is -2.19. The third kappa shape index (κ3) is 3.29. The van der Waals surface area contributed by atoms with Crippen LogP contribution in [0.25, 0.3) is 0 Å². The number of carboxylic acid groups (broad SMARTS) is 1. The average Bonchev–Trinajstić information content (AvgIpc) is 2.82. The van der Waals surface area contributed by atoms with Gasteiger partial charge in [-0.15, -0.1) is 0 Å². The summed E-state index contributed by atoms with van der Waals surface area (Å²) in [6, 6.07) is 4.12. The van der Waals surface area contributed by atoms with Gasteiger partial charge in [0.05, 0.1) is 0 Å². The van der Waals surface area contributed by atoms with Crippen LogP contribution in [0.5, 0.6) is 0 Å². The summed E-state index contributed by atoms with van der Waals surface area (Å²) in [5, 5.41) is 8.96. The van der Waals surface area contributed by atoms with Crippen molar-refractivity contribution in [3.63, 3.8) is 0 Å². The van der Waals surface area contributed by atoms with Gasteiger partial charge in [-0.3, -0.25) is 4.98 Å². The number of pyridine rings is 1. The summed E-state index contributed by atoms with van der Waals surface area (Å²) in [5.41, 5.74) is 0.625. The Morgan fingerprint density at radius 2 is 2.19 bits per heavy atom. The van der Waals surface area contributed by atoms with Crippen molar-refractivity contribution < 1.29 is 18.3 Å². The topological polar surface area (TPSA) is 101 Å². The summed E-state index contributed by atoms with van der Waals surface area (Å²) in [6.07, 6.45) is 4.43. The van der Waals surface area contributed by atoms with E-state index in [1.54, 1.807) is 31.5 Å². The van der Waals surface area contributed by atoms with Crippen molar-refractivity contribution in [3.05, 3.63) is 48.0 Å². The number of aromatic nitrogens is 2. The molecule has 0 bridgehead atoms. The van der Waals surface area contributed by atoms with Crippen LogP contribution in [-0.4, -0.2) is 29.0 Å². The molecule has 2 heterocycles. The molecule has 112 valence electrons. The highest BCUT2D eigenvalue weighted by atomic mass is 32.2. The van der Waals surface area contributed by atoms with E-state index in [-0.39, 0.29) is 10.6 Å². The van der Waals surface area contributed by atoms with E-state index in [1.165, 1.54) is 17.8 Å². The number of hydrogen-bond donors (Lipinski definition) is 2. The second kappa shape index (κ2) is 5.66. The molecule has 0 amide bonds. The first kappa shape index (κ1) is 15.2. The van der Waals surface area contributed by atoms with Gasteiger partial charge in [0.25, 0.3) is 0 Å². The summed E-state index contributed by atoms with van der Waals surface area (Å²) >= 11 is 0. The molecule has 1 atom stereocenters. The molecule has 2 aromatic rings. The molecule has 0 unspecified atom stereocenters. The second-order valence-corrected chi connectivity index (χ2v) is 6.32. The smallest absolute Gasteiger partial charge is 0.352 e. The number of aromatic carboxylic acids is 1. The molecule has 0 saturated heterocycles. The zero-order valence-electron chi connectivity index (χ0n) is 11.5. The van der Waals surface area contributed by atoms with Gasteiger partial charge in [0.2, 0.25) is 10.0 Å². The minimum Gasteiger partial charge on any atom is -0.477 e. The van der Waals surface area contributed by atoms with Gasteiger partial charge < -0.3 is 9.67 Å². The highest BCUT2D eigenvalue weighted by Gasteiger charge is 2.22. The lowest BCUT2D eigenvalue weighted by Crippen LogP contribution is -2.26. The summed E-state index contributed by atoms with van der Waals surface area (Å²) in [6.45, 7) is 1.69. The van der Waals surface area contributed by atoms with E-state index in [0.29, 0.717) is 0 Å². The fourth-order valence-corrected chi connectivity index (χ4v) is 3.20. The Morgan fingerprint density at radius 3 is 2.71 bits per heavy atom. The molecule has 2 N–H and O–H groups in total. The monoisotopic (exact) mass is 309 g/mol. The van der Waals surface area contributed by atoms with E-state index in [0.717, 1.165) is 11.6 Å². The average molecular weight is 309 g/mol. The number of carboxylic acids is 1. The minimum absolute atomic E-state index is 0.0851. The standard InChI is InChI=1S/C13H15N3O4S/c1-9(10-4-3-5-14-7-10)15-21(19,20)11-6-12(13(17)18)16(2)8-11/h3-9,15H,1-2H3,(H,17,18)/t9-/m0/s1. The van der Waals surface area contributed by atoms with E-state index in [1.807, 2.05) is 0 Å². The van der Waals surface area contributed by atoms with Crippen LogP contribution < -0.4 is 4.72 Å². The van der Waals surface area contributed by atoms with Crippen molar-refractivity contribution in [1.82, 2.24) is 14.3 Å². The molecular formula is C13H15N3O4S. The van der Waals surface area contributed by atoms with Crippen LogP contribution >= 0.6 is 0 Å². The van der Waals surface area contributed by atoms with E-state index >= 15 is 0 Å². The van der Waals surface area contributed by atoms with Crippen LogP contribution in [0.15, 0.2) is 41.7 Å². The second-order valence-electron chi connectivity index (χ2n) is 4.61. The van der Waals surface area contributed by atoms with Crippen molar-refractivity contribution in [2.75, 3.05) is 0 Å². The minimum atomic E-state index is -3.80. The molecule has 0 saturated carbocycles. The fraction of sp³-hybridized carbons (Fsp3) is 0.231. The highest BCUT2D eigenvalue weighted by molar-refractivity contribution is 7.89. The van der Waals surface area contributed by atoms with Gasteiger partial charge in [-0.25, -0.2) is 17.9 Å². The Bertz CT molecular complexity index is 753. The first-order valence-electron chi connectivity index (χ1n) is 6.13. The normalized spacial score (nSPS) is 13.0. The zero-order chi connectivity index (χ0) is 15.6. The molecule has 0 spiro atoms. The largest absolute Gasteiger partial charge is 0.477 e. The van der Waals surface area contributed by atoms with Crippen LogP contribution in [-0.2, 0) is 17.1 Å². The van der Waals surface area contributed by atoms with Crippen LogP contribution in [0, 0.1) is 0 Å². The van der Waals surface area contributed by atoms with Gasteiger partial charge in [-0.05, 0) is 24.6 Å². The van der Waals surface area contributed by atoms with Crippen molar-refractivity contribution >= 4 is 16.0 Å². The number of nitrogens with zero attached hydrogens (tertiary/aromatic N) is 2. The molecule has 2 aromatic heterocycles. The van der Waals surface area contributed by atoms with Gasteiger partial charge in [0, 0.05) is 31.7 Å². The molecule has 2 rings (SSSR count). The molecule has 0 fully saturated rings. The molecule has 0 aliphatic rings. The van der Waals surface area contributed by atoms with Gasteiger partial charge in [0.15, 0.2) is 0 Å². The lowest BCUT2D eigenvalue weighted by molar-refractivity contribution is 0.0686. The lowest BCUT2D eigenvalue weighted by atomic mass is 10.2. The Kier molecular flexibility index (Phi) is 4.10. The van der Waals surface area contributed by atoms with Crippen LogP contribution in [0.4, 0.5) is 0 Å². The van der Waals surface area contributed by atoms with Crippen LogP contribution in [0.2, 0.25) is 0 Å². The predicted octanol–water partition coefficient (Wildman–Crippen LogP) is 1.16. The molecule has 0 aromatic carbocycles. The van der Waals surface area contributed by atoms with E-state index in [9.17, 15) is 13.2 Å². The summed E-state index contributed by atoms with van der Waals surface area (Å²) in [4.78, 5) is 14.8. The summed E-state index contributed by atoms with van der Waals surface area (Å²) in [5.74, 6) is -1.18. The number of carbonyl (C=O) groups is 1. The summed E-state index contributed by atoms with van der Waals surface area (Å²) < 4.78 is 28.3. The predicted molar refractivity (Wildman–Crippen MR) is 75.3 cm³/mol. The quantitative estimate of drug-likeness (QED) is 0.863. The van der Waals surface area contributed by atoms with Gasteiger partial charge in [-0.2, -0.15) is 0 Å². The third-order valence-corrected chi connectivity index (χ3v) is 4.53. The molecule has 0 aliphatic carbocycles. The molecule has 21 heavy (non-hydrogen) atoms. The third-order valence-electron chi connectivity index (χ3n) is 3.03.